The summed E-state index contributed by atoms with van der Waals surface area (Å²) in [5, 5.41) is 10.0. The van der Waals surface area contributed by atoms with Crippen molar-refractivity contribution in [2.45, 2.75) is 24.8 Å². The highest BCUT2D eigenvalue weighted by atomic mass is 35.5. The summed E-state index contributed by atoms with van der Waals surface area (Å²) in [6.07, 6.45) is 0.886. The van der Waals surface area contributed by atoms with Crippen LogP contribution in [0.25, 0.3) is 11.3 Å². The van der Waals surface area contributed by atoms with Gasteiger partial charge in [-0.25, -0.2) is 9.97 Å². The molecule has 1 aromatic carbocycles. The molecule has 0 amide bonds. The Morgan fingerprint density at radius 3 is 2.38 bits per heavy atom. The summed E-state index contributed by atoms with van der Waals surface area (Å²) in [5.74, 6) is -0.287. The van der Waals surface area contributed by atoms with Crippen LogP contribution in [0, 0.1) is 5.41 Å². The third kappa shape index (κ3) is 4.96. The molecule has 0 bridgehead atoms. The highest BCUT2D eigenvalue weighted by Gasteiger charge is 2.37. The van der Waals surface area contributed by atoms with Gasteiger partial charge in [0.25, 0.3) is 10.0 Å². The van der Waals surface area contributed by atoms with Gasteiger partial charge in [-0.3, -0.25) is 9.52 Å². The molecule has 3 heterocycles. The van der Waals surface area contributed by atoms with Gasteiger partial charge in [-0.2, -0.15) is 8.42 Å². The molecule has 0 radical (unpaired) electrons. The van der Waals surface area contributed by atoms with Crippen LogP contribution >= 0.6 is 23.2 Å². The van der Waals surface area contributed by atoms with E-state index in [-0.39, 0.29) is 10.8 Å². The van der Waals surface area contributed by atoms with Gasteiger partial charge in [0.05, 0.1) is 21.2 Å². The van der Waals surface area contributed by atoms with E-state index >= 15 is 0 Å². The Kier molecular flexibility index (Phi) is 6.71. The topological polar surface area (TPSA) is 112 Å². The van der Waals surface area contributed by atoms with Crippen LogP contribution in [0.2, 0.25) is 10.0 Å². The number of nitrogens with zero attached hydrogens (tertiary/aromatic N) is 3. The van der Waals surface area contributed by atoms with Crippen LogP contribution in [0.5, 0.6) is 0 Å². The van der Waals surface area contributed by atoms with Gasteiger partial charge in [0, 0.05) is 18.7 Å². The minimum Gasteiger partial charge on any atom is -0.481 e. The number of carboxylic acid groups (broad SMARTS) is 1. The molecular weight excluding hydrogens is 499 g/mol. The lowest BCUT2D eigenvalue weighted by Gasteiger charge is -2.37. The monoisotopic (exact) mass is 520 g/mol. The molecule has 8 nitrogen and oxygen atoms in total. The van der Waals surface area contributed by atoms with Gasteiger partial charge in [-0.1, -0.05) is 47.5 Å². The van der Waals surface area contributed by atoms with Crippen LogP contribution in [0.1, 0.15) is 19.8 Å². The minimum absolute atomic E-state index is 0.0710. The summed E-state index contributed by atoms with van der Waals surface area (Å²) < 4.78 is 28.6. The first-order chi connectivity index (χ1) is 16.1. The first-order valence-corrected chi connectivity index (χ1v) is 12.7. The Balaban J connectivity index is 1.57. The molecule has 3 aromatic rings. The molecule has 0 saturated carbocycles. The summed E-state index contributed by atoms with van der Waals surface area (Å²) in [6, 6.07) is 14.7. The normalized spacial score (nSPS) is 15.7. The second-order valence-corrected chi connectivity index (χ2v) is 10.7. The molecule has 1 aliphatic rings. The van der Waals surface area contributed by atoms with E-state index in [4.69, 9.17) is 23.2 Å². The van der Waals surface area contributed by atoms with Gasteiger partial charge in [-0.05, 0) is 50.1 Å². The number of benzene rings is 1. The average Bonchev–Trinajstić information content (AvgIpc) is 2.81. The molecule has 1 fully saturated rings. The van der Waals surface area contributed by atoms with E-state index in [1.54, 1.807) is 49.4 Å². The predicted octanol–water partition coefficient (Wildman–Crippen LogP) is 4.94. The van der Waals surface area contributed by atoms with Crippen molar-refractivity contribution in [1.29, 1.82) is 0 Å². The zero-order valence-electron chi connectivity index (χ0n) is 18.2. The number of sulfonamides is 1. The van der Waals surface area contributed by atoms with Crippen molar-refractivity contribution >= 4 is 50.8 Å². The summed E-state index contributed by atoms with van der Waals surface area (Å²) in [5.41, 5.74) is 0.138. The van der Waals surface area contributed by atoms with E-state index in [1.165, 1.54) is 12.1 Å². The number of pyridine rings is 2. The number of carbonyl (C=O) groups is 1. The maximum Gasteiger partial charge on any atom is 0.309 e. The molecule has 34 heavy (non-hydrogen) atoms. The number of aromatic nitrogens is 2. The number of rotatable bonds is 6. The van der Waals surface area contributed by atoms with Gasteiger partial charge in [0.2, 0.25) is 0 Å². The van der Waals surface area contributed by atoms with Crippen LogP contribution in [-0.4, -0.2) is 42.6 Å². The Labute approximate surface area is 207 Å². The molecule has 1 saturated heterocycles. The Morgan fingerprint density at radius 1 is 1.00 bits per heavy atom. The van der Waals surface area contributed by atoms with Crippen LogP contribution in [-0.2, 0) is 14.8 Å². The van der Waals surface area contributed by atoms with E-state index in [0.717, 1.165) is 0 Å². The number of hydrogen-bond acceptors (Lipinski definition) is 6. The van der Waals surface area contributed by atoms with Crippen molar-refractivity contribution in [2.24, 2.45) is 5.41 Å². The lowest BCUT2D eigenvalue weighted by molar-refractivity contribution is -0.149. The van der Waals surface area contributed by atoms with Crippen molar-refractivity contribution in [3.05, 3.63) is 64.6 Å². The average molecular weight is 521 g/mol. The van der Waals surface area contributed by atoms with Crippen LogP contribution in [0.15, 0.2) is 59.6 Å². The summed E-state index contributed by atoms with van der Waals surface area (Å²) >= 11 is 12.5. The van der Waals surface area contributed by atoms with Crippen molar-refractivity contribution in [2.75, 3.05) is 22.7 Å². The van der Waals surface area contributed by atoms with Gasteiger partial charge >= 0.3 is 5.97 Å². The fourth-order valence-electron chi connectivity index (χ4n) is 3.70. The predicted molar refractivity (Wildman–Crippen MR) is 132 cm³/mol. The van der Waals surface area contributed by atoms with E-state index < -0.39 is 21.4 Å². The molecular formula is C23H22Cl2N4O4S. The number of anilines is 2. The van der Waals surface area contributed by atoms with Crippen molar-refractivity contribution in [3.63, 3.8) is 0 Å². The maximum absolute atomic E-state index is 13.1. The standard InChI is InChI=1S/C23H22Cl2N4O4S/c1-23(22(30)31)11-13-29(14-12-23)19-7-4-8-20(27-19)34(32,33)28-18-10-9-17(25)21(26-18)15-5-2-3-6-16(15)24/h2-10H,11-14H2,1H3,(H,26,28)(H,30,31). The zero-order valence-corrected chi connectivity index (χ0v) is 20.5. The van der Waals surface area contributed by atoms with Gasteiger partial charge < -0.3 is 10.0 Å². The fourth-order valence-corrected chi connectivity index (χ4v) is 5.10. The summed E-state index contributed by atoms with van der Waals surface area (Å²) in [4.78, 5) is 22.1. The summed E-state index contributed by atoms with van der Waals surface area (Å²) in [7, 11) is -4.05. The van der Waals surface area contributed by atoms with E-state index in [2.05, 4.69) is 14.7 Å². The molecule has 1 aliphatic heterocycles. The van der Waals surface area contributed by atoms with E-state index in [0.29, 0.717) is 53.1 Å². The molecule has 2 N–H and O–H groups in total. The van der Waals surface area contributed by atoms with Gasteiger partial charge in [0.1, 0.15) is 11.6 Å². The Morgan fingerprint density at radius 2 is 1.71 bits per heavy atom. The number of halogens is 2. The third-order valence-corrected chi connectivity index (χ3v) is 7.80. The fraction of sp³-hybridized carbons (Fsp3) is 0.261. The van der Waals surface area contributed by atoms with Crippen LogP contribution < -0.4 is 9.62 Å². The van der Waals surface area contributed by atoms with Crippen LogP contribution in [0.4, 0.5) is 11.6 Å². The molecule has 4 rings (SSSR count). The Bertz CT molecular complexity index is 1340. The zero-order chi connectivity index (χ0) is 24.5. The van der Waals surface area contributed by atoms with Gasteiger partial charge in [0.15, 0.2) is 5.03 Å². The quantitative estimate of drug-likeness (QED) is 0.473. The van der Waals surface area contributed by atoms with Gasteiger partial charge in [-0.15, -0.1) is 0 Å². The molecule has 11 heteroatoms. The number of carboxylic acids is 1. The molecule has 0 aliphatic carbocycles. The molecule has 2 aromatic heterocycles. The lowest BCUT2D eigenvalue weighted by atomic mass is 9.80. The smallest absolute Gasteiger partial charge is 0.309 e. The van der Waals surface area contributed by atoms with E-state index in [9.17, 15) is 18.3 Å². The third-order valence-electron chi connectivity index (χ3n) is 5.91. The molecule has 178 valence electrons. The van der Waals surface area contributed by atoms with E-state index in [1.807, 2.05) is 4.90 Å². The molecule has 0 atom stereocenters. The summed E-state index contributed by atoms with van der Waals surface area (Å²) in [6.45, 7) is 2.65. The SMILES string of the molecule is CC1(C(=O)O)CCN(c2cccc(S(=O)(=O)Nc3ccc(Cl)c(-c4ccccc4Cl)n3)n2)CC1. The van der Waals surface area contributed by atoms with Crippen LogP contribution in [0.3, 0.4) is 0 Å². The first-order valence-electron chi connectivity index (χ1n) is 10.5. The first kappa shape index (κ1) is 24.3. The molecule has 0 spiro atoms. The minimum atomic E-state index is -4.05. The highest BCUT2D eigenvalue weighted by Crippen LogP contribution is 2.34. The second kappa shape index (κ2) is 9.40. The number of aliphatic carboxylic acids is 1. The van der Waals surface area contributed by atoms with Crippen molar-refractivity contribution < 1.29 is 18.3 Å². The highest BCUT2D eigenvalue weighted by molar-refractivity contribution is 7.92. The largest absolute Gasteiger partial charge is 0.481 e. The number of nitrogens with one attached hydrogen (secondary N) is 1. The van der Waals surface area contributed by atoms with Crippen molar-refractivity contribution in [1.82, 2.24) is 9.97 Å². The second-order valence-electron chi connectivity index (χ2n) is 8.30. The number of hydrogen-bond donors (Lipinski definition) is 2. The number of piperidine rings is 1. The maximum atomic E-state index is 13.1. The lowest BCUT2D eigenvalue weighted by Crippen LogP contribution is -2.43. The molecule has 0 unspecified atom stereocenters. The van der Waals surface area contributed by atoms with Crippen molar-refractivity contribution in [3.8, 4) is 11.3 Å². The Hall–Kier alpha value is -2.88.